The molecule has 0 aromatic carbocycles. The second kappa shape index (κ2) is 49.9. The van der Waals surface area contributed by atoms with Crippen LogP contribution in [-0.2, 0) is 23.8 Å². The Hall–Kier alpha value is -2.90. The van der Waals surface area contributed by atoms with Crippen LogP contribution >= 0.6 is 0 Å². The quantitative estimate of drug-likeness (QED) is 0.0149. The molecular weight excluding hydrogens is 919 g/mol. The minimum Gasteiger partial charge on any atom is -0.454 e. The zero-order valence-corrected chi connectivity index (χ0v) is 46.5. The maximum absolute atomic E-state index is 13.4. The molecule has 11 nitrogen and oxygen atoms in total. The lowest BCUT2D eigenvalue weighted by Gasteiger charge is -2.41. The number of allylic oxidation sites excluding steroid dienone is 11. The molecule has 1 rings (SSSR count). The monoisotopic (exact) mass is 1030 g/mol. The van der Waals surface area contributed by atoms with E-state index in [1.807, 2.05) is 6.08 Å². The molecule has 1 heterocycles. The Balaban J connectivity index is 2.76. The van der Waals surface area contributed by atoms with E-state index in [1.165, 1.54) is 96.3 Å². The molecule has 0 aromatic heterocycles. The van der Waals surface area contributed by atoms with Gasteiger partial charge in [0.1, 0.15) is 24.4 Å². The molecule has 73 heavy (non-hydrogen) atoms. The molecule has 422 valence electrons. The maximum atomic E-state index is 13.4. The lowest BCUT2D eigenvalue weighted by Crippen LogP contribution is -2.61. The Morgan fingerprint density at radius 3 is 1.52 bits per heavy atom. The molecule has 0 aliphatic carbocycles. The third-order valence-electron chi connectivity index (χ3n) is 13.6. The van der Waals surface area contributed by atoms with Gasteiger partial charge in [-0.1, -0.05) is 222 Å². The molecule has 1 saturated heterocycles. The zero-order valence-electron chi connectivity index (χ0n) is 46.5. The first kappa shape index (κ1) is 68.1. The van der Waals surface area contributed by atoms with Gasteiger partial charge in [-0.25, -0.2) is 0 Å². The summed E-state index contributed by atoms with van der Waals surface area (Å²) in [5, 5.41) is 56.9. The van der Waals surface area contributed by atoms with Gasteiger partial charge in [-0.05, 0) is 89.9 Å². The van der Waals surface area contributed by atoms with Crippen molar-refractivity contribution in [1.82, 2.24) is 5.32 Å². The summed E-state index contributed by atoms with van der Waals surface area (Å²) in [4.78, 5) is 26.5. The standard InChI is InChI=1S/C62H109NO10/c1-4-7-10-13-16-19-22-25-27-29-31-34-37-40-43-46-49-55(66)61(70)63-53(54(65)48-45-42-39-36-33-30-24-21-18-15-12-9-6-3)52-71-62-60(59(69)58(68)56(51-64)72-62)73-57(67)50-47-44-41-38-35-32-28-26-23-20-17-14-11-8-5-2/h16-17,19-20,23,25-27,31,34,45,48,53-56,58-60,62,64-66,68-69H,4-15,18,21-22,24,28-30,32-33,35-44,46-47,49-52H2,1-3H3,(H,63,70)/b19-16-,20-17+,26-23+,27-25-,34-31-,48-45+. The van der Waals surface area contributed by atoms with Crippen molar-refractivity contribution in [2.24, 2.45) is 0 Å². The largest absolute Gasteiger partial charge is 0.454 e. The van der Waals surface area contributed by atoms with Crippen LogP contribution in [0.2, 0.25) is 0 Å². The maximum Gasteiger partial charge on any atom is 0.306 e. The van der Waals surface area contributed by atoms with Crippen molar-refractivity contribution >= 4 is 11.9 Å². The second-order valence-electron chi connectivity index (χ2n) is 20.4. The summed E-state index contributed by atoms with van der Waals surface area (Å²) in [6.45, 7) is 5.70. The minimum atomic E-state index is -1.62. The number of nitrogens with one attached hydrogen (secondary N) is 1. The van der Waals surface area contributed by atoms with Crippen LogP contribution in [0, 0.1) is 0 Å². The lowest BCUT2D eigenvalue weighted by molar-refractivity contribution is -0.305. The van der Waals surface area contributed by atoms with Gasteiger partial charge in [0.15, 0.2) is 12.4 Å². The number of esters is 1. The van der Waals surface area contributed by atoms with E-state index in [0.717, 1.165) is 103 Å². The Kier molecular flexibility index (Phi) is 46.6. The summed E-state index contributed by atoms with van der Waals surface area (Å²) < 4.78 is 17.6. The predicted octanol–water partition coefficient (Wildman–Crippen LogP) is 13.6. The molecule has 8 unspecified atom stereocenters. The van der Waals surface area contributed by atoms with Crippen LogP contribution in [0.4, 0.5) is 0 Å². The summed E-state index contributed by atoms with van der Waals surface area (Å²) in [6.07, 6.45) is 52.2. The molecule has 0 spiro atoms. The summed E-state index contributed by atoms with van der Waals surface area (Å²) in [5.74, 6) is -1.23. The van der Waals surface area contributed by atoms with E-state index in [1.54, 1.807) is 6.08 Å². The van der Waals surface area contributed by atoms with Crippen molar-refractivity contribution in [2.45, 2.75) is 294 Å². The number of carbonyl (C=O) groups is 2. The van der Waals surface area contributed by atoms with Gasteiger partial charge in [0.05, 0.1) is 25.4 Å². The third kappa shape index (κ3) is 38.3. The number of ether oxygens (including phenoxy) is 3. The van der Waals surface area contributed by atoms with Gasteiger partial charge in [0, 0.05) is 6.42 Å². The van der Waals surface area contributed by atoms with Crippen LogP contribution in [0.5, 0.6) is 0 Å². The van der Waals surface area contributed by atoms with Gasteiger partial charge in [-0.2, -0.15) is 0 Å². The highest BCUT2D eigenvalue weighted by atomic mass is 16.7. The average Bonchev–Trinajstić information content (AvgIpc) is 3.39. The first-order chi connectivity index (χ1) is 35.7. The Morgan fingerprint density at radius 2 is 0.986 bits per heavy atom. The van der Waals surface area contributed by atoms with Crippen molar-refractivity contribution in [3.8, 4) is 0 Å². The zero-order chi connectivity index (χ0) is 53.3. The first-order valence-electron chi connectivity index (χ1n) is 29.7. The topological polar surface area (TPSA) is 175 Å². The fourth-order valence-electron chi connectivity index (χ4n) is 8.82. The SMILES string of the molecule is CCCCC/C=C\C/C=C\C/C=C\CCCCCC(O)C(=O)NC(COC1OC(CO)C(O)C(O)C1OC(=O)CCCCCCCC/C=C/C=C/CCCCC)C(O)/C=C/CCCCCCCCCCCCC. The van der Waals surface area contributed by atoms with E-state index in [2.05, 4.69) is 86.8 Å². The summed E-state index contributed by atoms with van der Waals surface area (Å²) >= 11 is 0. The molecule has 1 amide bonds. The highest BCUT2D eigenvalue weighted by Crippen LogP contribution is 2.26. The molecular formula is C62H109NO10. The fourth-order valence-corrected chi connectivity index (χ4v) is 8.82. The van der Waals surface area contributed by atoms with Crippen LogP contribution in [-0.4, -0.2) is 99.6 Å². The lowest BCUT2D eigenvalue weighted by atomic mass is 9.99. The van der Waals surface area contributed by atoms with Crippen LogP contribution < -0.4 is 5.32 Å². The number of amides is 1. The van der Waals surface area contributed by atoms with Gasteiger partial charge < -0.3 is 45.1 Å². The molecule has 0 radical (unpaired) electrons. The minimum absolute atomic E-state index is 0.105. The van der Waals surface area contributed by atoms with Crippen molar-refractivity contribution in [3.63, 3.8) is 0 Å². The molecule has 1 aliphatic heterocycles. The molecule has 11 heteroatoms. The third-order valence-corrected chi connectivity index (χ3v) is 13.6. The van der Waals surface area contributed by atoms with E-state index in [0.29, 0.717) is 12.8 Å². The van der Waals surface area contributed by atoms with Gasteiger partial charge >= 0.3 is 5.97 Å². The van der Waals surface area contributed by atoms with E-state index in [9.17, 15) is 35.1 Å². The fraction of sp³-hybridized carbons (Fsp3) is 0.774. The van der Waals surface area contributed by atoms with E-state index in [-0.39, 0.29) is 19.4 Å². The molecule has 0 bridgehead atoms. The number of hydrogen-bond donors (Lipinski definition) is 6. The first-order valence-corrected chi connectivity index (χ1v) is 29.7. The number of aliphatic hydroxyl groups excluding tert-OH is 5. The van der Waals surface area contributed by atoms with Gasteiger partial charge in [0.25, 0.3) is 0 Å². The summed E-state index contributed by atoms with van der Waals surface area (Å²) in [6, 6.07) is -1.04. The smallest absolute Gasteiger partial charge is 0.306 e. The summed E-state index contributed by atoms with van der Waals surface area (Å²) in [7, 11) is 0. The van der Waals surface area contributed by atoms with Crippen LogP contribution in [0.25, 0.3) is 0 Å². The number of carbonyl (C=O) groups excluding carboxylic acids is 2. The molecule has 1 aliphatic rings. The molecule has 0 saturated carbocycles. The Bertz CT molecular complexity index is 1460. The van der Waals surface area contributed by atoms with Gasteiger partial charge in [-0.3, -0.25) is 9.59 Å². The Labute approximate surface area is 445 Å². The van der Waals surface area contributed by atoms with Crippen molar-refractivity contribution in [2.75, 3.05) is 13.2 Å². The number of hydrogen-bond acceptors (Lipinski definition) is 10. The normalized spacial score (nSPS) is 19.9. The summed E-state index contributed by atoms with van der Waals surface area (Å²) in [5.41, 5.74) is 0. The molecule has 8 atom stereocenters. The average molecular weight is 1030 g/mol. The van der Waals surface area contributed by atoms with Crippen LogP contribution in [0.3, 0.4) is 0 Å². The van der Waals surface area contributed by atoms with Crippen LogP contribution in [0.15, 0.2) is 72.9 Å². The van der Waals surface area contributed by atoms with Crippen LogP contribution in [0.1, 0.15) is 245 Å². The molecule has 1 fully saturated rings. The van der Waals surface area contributed by atoms with Crippen molar-refractivity contribution < 1.29 is 49.3 Å². The van der Waals surface area contributed by atoms with Gasteiger partial charge in [-0.15, -0.1) is 0 Å². The molecule has 6 N–H and O–H groups in total. The Morgan fingerprint density at radius 1 is 0.548 bits per heavy atom. The van der Waals surface area contributed by atoms with E-state index in [4.69, 9.17) is 14.2 Å². The number of unbranched alkanes of at least 4 members (excludes halogenated alkanes) is 26. The van der Waals surface area contributed by atoms with Crippen molar-refractivity contribution in [3.05, 3.63) is 72.9 Å². The van der Waals surface area contributed by atoms with Gasteiger partial charge in [0.2, 0.25) is 5.91 Å². The van der Waals surface area contributed by atoms with Crippen molar-refractivity contribution in [1.29, 1.82) is 0 Å². The van der Waals surface area contributed by atoms with E-state index >= 15 is 0 Å². The number of rotatable bonds is 49. The molecule has 0 aromatic rings. The predicted molar refractivity (Wildman–Crippen MR) is 301 cm³/mol. The highest BCUT2D eigenvalue weighted by Gasteiger charge is 2.47. The van der Waals surface area contributed by atoms with E-state index < -0.39 is 67.4 Å². The number of aliphatic hydroxyl groups is 5. The second-order valence-corrected chi connectivity index (χ2v) is 20.4. The highest BCUT2D eigenvalue weighted by molar-refractivity contribution is 5.80.